The number of nitrogens with two attached hydrogens (primary N) is 1. The molecule has 0 saturated heterocycles. The number of rotatable bonds is 1. The fraction of sp³-hybridized carbons (Fsp3) is 0.125. The summed E-state index contributed by atoms with van der Waals surface area (Å²) in [5.41, 5.74) is 5.72. The van der Waals surface area contributed by atoms with Crippen molar-refractivity contribution in [3.8, 4) is 0 Å². The predicted octanol–water partition coefficient (Wildman–Crippen LogP) is 1.51. The van der Waals surface area contributed by atoms with Gasteiger partial charge in [0.1, 0.15) is 5.82 Å². The van der Waals surface area contributed by atoms with Gasteiger partial charge in [-0.25, -0.2) is 4.39 Å². The molecule has 1 aromatic rings. The van der Waals surface area contributed by atoms with E-state index in [1.807, 2.05) is 0 Å². The van der Waals surface area contributed by atoms with Crippen molar-refractivity contribution in [2.45, 2.75) is 0 Å². The number of thiocarbonyl (C=S) groups is 1. The Morgan fingerprint density at radius 2 is 2.08 bits per heavy atom. The van der Waals surface area contributed by atoms with Crippen LogP contribution in [0.25, 0.3) is 0 Å². The van der Waals surface area contributed by atoms with E-state index in [0.717, 1.165) is 0 Å². The van der Waals surface area contributed by atoms with Gasteiger partial charge in [-0.1, -0.05) is 12.1 Å². The second kappa shape index (κ2) is 3.49. The van der Waals surface area contributed by atoms with Gasteiger partial charge in [-0.15, -0.1) is 0 Å². The third-order valence-electron chi connectivity index (χ3n) is 1.54. The molecule has 0 aliphatic heterocycles. The third-order valence-corrected chi connectivity index (χ3v) is 1.82. The molecule has 0 aromatic heterocycles. The molecule has 2 nitrogen and oxygen atoms in total. The normalized spacial score (nSPS) is 9.50. The molecular formula is C8H9FN2S. The van der Waals surface area contributed by atoms with Crippen LogP contribution in [0.4, 0.5) is 10.1 Å². The summed E-state index contributed by atoms with van der Waals surface area (Å²) in [5, 5.41) is 0.153. The summed E-state index contributed by atoms with van der Waals surface area (Å²) in [6, 6.07) is 6.33. The Kier molecular flexibility index (Phi) is 2.60. The van der Waals surface area contributed by atoms with Crippen LogP contribution < -0.4 is 10.6 Å². The molecule has 0 heterocycles. The van der Waals surface area contributed by atoms with Crippen molar-refractivity contribution in [2.75, 3.05) is 11.9 Å². The Labute approximate surface area is 75.8 Å². The Morgan fingerprint density at radius 3 is 2.58 bits per heavy atom. The van der Waals surface area contributed by atoms with Crippen LogP contribution in [0.5, 0.6) is 0 Å². The second-order valence-electron chi connectivity index (χ2n) is 2.35. The number of para-hydroxylation sites is 1. The summed E-state index contributed by atoms with van der Waals surface area (Å²) in [6.45, 7) is 0. The lowest BCUT2D eigenvalue weighted by molar-refractivity contribution is 0.628. The Bertz CT molecular complexity index is 301. The van der Waals surface area contributed by atoms with Crippen molar-refractivity contribution in [3.63, 3.8) is 0 Å². The molecule has 0 bridgehead atoms. The fourth-order valence-electron chi connectivity index (χ4n) is 0.842. The van der Waals surface area contributed by atoms with Crippen molar-refractivity contribution in [2.24, 2.45) is 5.73 Å². The highest BCUT2D eigenvalue weighted by Crippen LogP contribution is 2.16. The van der Waals surface area contributed by atoms with E-state index in [4.69, 9.17) is 18.0 Å². The summed E-state index contributed by atoms with van der Waals surface area (Å²) in [5.74, 6) is -0.326. The highest BCUT2D eigenvalue weighted by atomic mass is 32.1. The second-order valence-corrected chi connectivity index (χ2v) is 2.77. The number of hydrogen-bond donors (Lipinski definition) is 1. The lowest BCUT2D eigenvalue weighted by Crippen LogP contribution is -2.32. The van der Waals surface area contributed by atoms with Crippen LogP contribution in [0.2, 0.25) is 0 Å². The molecule has 0 radical (unpaired) electrons. The summed E-state index contributed by atoms with van der Waals surface area (Å²) in [4.78, 5) is 1.42. The predicted molar refractivity (Wildman–Crippen MR) is 51.6 cm³/mol. The first-order valence-electron chi connectivity index (χ1n) is 3.40. The molecule has 4 heteroatoms. The number of hydrogen-bond acceptors (Lipinski definition) is 1. The minimum Gasteiger partial charge on any atom is -0.376 e. The number of nitrogens with zero attached hydrogens (tertiary/aromatic N) is 1. The van der Waals surface area contributed by atoms with Crippen LogP contribution in [0.3, 0.4) is 0 Å². The SMILES string of the molecule is CN(C(N)=S)c1ccccc1F. The molecule has 0 saturated carbocycles. The first kappa shape index (κ1) is 8.93. The first-order chi connectivity index (χ1) is 5.63. The van der Waals surface area contributed by atoms with Crippen LogP contribution >= 0.6 is 12.2 Å². The van der Waals surface area contributed by atoms with Crippen molar-refractivity contribution in [1.82, 2.24) is 0 Å². The van der Waals surface area contributed by atoms with Crippen LogP contribution in [0.15, 0.2) is 24.3 Å². The molecule has 1 aromatic carbocycles. The van der Waals surface area contributed by atoms with E-state index in [1.165, 1.54) is 11.0 Å². The van der Waals surface area contributed by atoms with Crippen LogP contribution in [-0.4, -0.2) is 12.2 Å². The summed E-state index contributed by atoms with van der Waals surface area (Å²) in [7, 11) is 1.63. The van der Waals surface area contributed by atoms with Crippen molar-refractivity contribution < 1.29 is 4.39 Å². The molecule has 0 spiro atoms. The van der Waals surface area contributed by atoms with Gasteiger partial charge in [-0.3, -0.25) is 0 Å². The molecule has 0 aliphatic rings. The van der Waals surface area contributed by atoms with Gasteiger partial charge in [-0.05, 0) is 24.4 Å². The summed E-state index contributed by atoms with van der Waals surface area (Å²) < 4.78 is 13.0. The maximum Gasteiger partial charge on any atom is 0.170 e. The lowest BCUT2D eigenvalue weighted by atomic mass is 10.3. The fourth-order valence-corrected chi connectivity index (χ4v) is 0.941. The van der Waals surface area contributed by atoms with Crippen LogP contribution in [-0.2, 0) is 0 Å². The summed E-state index contributed by atoms with van der Waals surface area (Å²) >= 11 is 4.70. The van der Waals surface area contributed by atoms with Gasteiger partial charge in [0, 0.05) is 7.05 Å². The Hall–Kier alpha value is -1.16. The third kappa shape index (κ3) is 1.71. The van der Waals surface area contributed by atoms with E-state index in [0.29, 0.717) is 5.69 Å². The van der Waals surface area contributed by atoms with Gasteiger partial charge in [0.25, 0.3) is 0 Å². The molecule has 64 valence electrons. The molecule has 2 N–H and O–H groups in total. The van der Waals surface area contributed by atoms with E-state index in [2.05, 4.69) is 0 Å². The number of benzene rings is 1. The number of halogens is 1. The quantitative estimate of drug-likeness (QED) is 0.671. The highest BCUT2D eigenvalue weighted by Gasteiger charge is 2.07. The Balaban J connectivity index is 3.02. The van der Waals surface area contributed by atoms with E-state index < -0.39 is 0 Å². The van der Waals surface area contributed by atoms with Crippen molar-refractivity contribution in [3.05, 3.63) is 30.1 Å². The van der Waals surface area contributed by atoms with E-state index in [9.17, 15) is 4.39 Å². The number of anilines is 1. The first-order valence-corrected chi connectivity index (χ1v) is 3.81. The van der Waals surface area contributed by atoms with Gasteiger partial charge in [-0.2, -0.15) is 0 Å². The van der Waals surface area contributed by atoms with Gasteiger partial charge >= 0.3 is 0 Å². The topological polar surface area (TPSA) is 29.3 Å². The van der Waals surface area contributed by atoms with Crippen molar-refractivity contribution >= 4 is 23.0 Å². The average molecular weight is 184 g/mol. The summed E-state index contributed by atoms with van der Waals surface area (Å²) in [6.07, 6.45) is 0. The minimum atomic E-state index is -0.326. The van der Waals surface area contributed by atoms with Crippen LogP contribution in [0.1, 0.15) is 0 Å². The Morgan fingerprint density at radius 1 is 1.50 bits per heavy atom. The molecular weight excluding hydrogens is 175 g/mol. The molecule has 0 unspecified atom stereocenters. The molecule has 0 atom stereocenters. The maximum atomic E-state index is 13.0. The maximum absolute atomic E-state index is 13.0. The van der Waals surface area contributed by atoms with E-state index in [1.54, 1.807) is 25.2 Å². The monoisotopic (exact) mass is 184 g/mol. The molecule has 0 aliphatic carbocycles. The molecule has 1 rings (SSSR count). The lowest BCUT2D eigenvalue weighted by Gasteiger charge is -2.16. The standard InChI is InChI=1S/C8H9FN2S/c1-11(8(10)12)7-5-3-2-4-6(7)9/h2-5H,1H3,(H2,10,12). The minimum absolute atomic E-state index is 0.153. The van der Waals surface area contributed by atoms with E-state index in [-0.39, 0.29) is 10.9 Å². The zero-order valence-electron chi connectivity index (χ0n) is 6.62. The van der Waals surface area contributed by atoms with Gasteiger partial charge in [0.05, 0.1) is 5.69 Å². The van der Waals surface area contributed by atoms with Crippen LogP contribution in [0, 0.1) is 5.82 Å². The smallest absolute Gasteiger partial charge is 0.170 e. The van der Waals surface area contributed by atoms with Gasteiger partial charge < -0.3 is 10.6 Å². The highest BCUT2D eigenvalue weighted by molar-refractivity contribution is 7.80. The zero-order valence-corrected chi connectivity index (χ0v) is 7.44. The molecule has 0 amide bonds. The largest absolute Gasteiger partial charge is 0.376 e. The average Bonchev–Trinajstić information content (AvgIpc) is 2.04. The molecule has 0 fully saturated rings. The van der Waals surface area contributed by atoms with Crippen molar-refractivity contribution in [1.29, 1.82) is 0 Å². The molecule has 12 heavy (non-hydrogen) atoms. The van der Waals surface area contributed by atoms with E-state index >= 15 is 0 Å². The van der Waals surface area contributed by atoms with Gasteiger partial charge in [0.15, 0.2) is 5.11 Å². The van der Waals surface area contributed by atoms with Gasteiger partial charge in [0.2, 0.25) is 0 Å². The zero-order chi connectivity index (χ0) is 9.14.